The molecule has 0 aliphatic carbocycles. The molecule has 1 aromatic heterocycles. The van der Waals surface area contributed by atoms with Crippen LogP contribution < -0.4 is 0 Å². The molecular formula is C13H12O2S. The van der Waals surface area contributed by atoms with Crippen molar-refractivity contribution in [3.8, 4) is 10.4 Å². The molecule has 0 aliphatic rings. The molecule has 0 bridgehead atoms. The summed E-state index contributed by atoms with van der Waals surface area (Å²) >= 11 is 1.63. The predicted molar refractivity (Wildman–Crippen MR) is 65.5 cm³/mol. The first-order valence-corrected chi connectivity index (χ1v) is 5.82. The Balaban J connectivity index is 2.17. The molecular weight excluding hydrogens is 220 g/mol. The first kappa shape index (κ1) is 10.9. The predicted octanol–water partition coefficient (Wildman–Crippen LogP) is 3.13. The van der Waals surface area contributed by atoms with Crippen molar-refractivity contribution in [3.63, 3.8) is 0 Å². The average molecular weight is 232 g/mol. The Bertz CT molecular complexity index is 474. The third-order valence-corrected chi connectivity index (χ3v) is 3.40. The van der Waals surface area contributed by atoms with Crippen LogP contribution in [0.4, 0.5) is 0 Å². The number of esters is 1. The van der Waals surface area contributed by atoms with Crippen molar-refractivity contribution in [1.82, 2.24) is 0 Å². The molecule has 0 N–H and O–H groups in total. The Hall–Kier alpha value is -1.61. The normalized spacial score (nSPS) is 10.1. The molecule has 0 amide bonds. The van der Waals surface area contributed by atoms with E-state index in [1.807, 2.05) is 30.3 Å². The fourth-order valence-electron chi connectivity index (χ4n) is 1.44. The minimum atomic E-state index is -0.193. The summed E-state index contributed by atoms with van der Waals surface area (Å²) in [5, 5.41) is 0. The molecule has 0 saturated carbocycles. The van der Waals surface area contributed by atoms with E-state index in [4.69, 9.17) is 0 Å². The van der Waals surface area contributed by atoms with Crippen LogP contribution in [0.2, 0.25) is 0 Å². The molecule has 0 atom stereocenters. The standard InChI is InChI=1S/C13H12O2S/c1-15-13(14)9-11-7-8-12(16-11)10-5-3-2-4-6-10/h2-8H,9H2,1H3. The van der Waals surface area contributed by atoms with Gasteiger partial charge in [0.2, 0.25) is 0 Å². The highest BCUT2D eigenvalue weighted by atomic mass is 32.1. The second-order valence-electron chi connectivity index (χ2n) is 3.38. The van der Waals surface area contributed by atoms with Crippen molar-refractivity contribution in [3.05, 3.63) is 47.3 Å². The van der Waals surface area contributed by atoms with E-state index in [0.717, 1.165) is 4.88 Å². The molecule has 2 nitrogen and oxygen atoms in total. The molecule has 0 radical (unpaired) electrons. The molecule has 2 rings (SSSR count). The molecule has 16 heavy (non-hydrogen) atoms. The molecule has 0 spiro atoms. The number of hydrogen-bond acceptors (Lipinski definition) is 3. The van der Waals surface area contributed by atoms with E-state index >= 15 is 0 Å². The van der Waals surface area contributed by atoms with Gasteiger partial charge >= 0.3 is 5.97 Å². The highest BCUT2D eigenvalue weighted by Gasteiger charge is 2.06. The smallest absolute Gasteiger partial charge is 0.310 e. The molecule has 1 aromatic carbocycles. The molecule has 3 heteroatoms. The molecule has 0 saturated heterocycles. The Morgan fingerprint density at radius 1 is 1.19 bits per heavy atom. The summed E-state index contributed by atoms with van der Waals surface area (Å²) in [5.41, 5.74) is 1.18. The van der Waals surface area contributed by atoms with Gasteiger partial charge in [0.15, 0.2) is 0 Å². The van der Waals surface area contributed by atoms with Gasteiger partial charge in [-0.25, -0.2) is 0 Å². The number of methoxy groups -OCH3 is 1. The number of ether oxygens (including phenoxy) is 1. The van der Waals surface area contributed by atoms with Crippen molar-refractivity contribution >= 4 is 17.3 Å². The summed E-state index contributed by atoms with van der Waals surface area (Å²) in [5.74, 6) is -0.193. The summed E-state index contributed by atoms with van der Waals surface area (Å²) in [6.07, 6.45) is 0.355. The van der Waals surface area contributed by atoms with Gasteiger partial charge in [-0.2, -0.15) is 0 Å². The lowest BCUT2D eigenvalue weighted by atomic mass is 10.2. The maximum absolute atomic E-state index is 11.1. The summed E-state index contributed by atoms with van der Waals surface area (Å²) in [7, 11) is 1.41. The Kier molecular flexibility index (Phi) is 3.37. The lowest BCUT2D eigenvalue weighted by Gasteiger charge is -1.96. The van der Waals surface area contributed by atoms with Gasteiger partial charge in [0.25, 0.3) is 0 Å². The highest BCUT2D eigenvalue weighted by molar-refractivity contribution is 7.15. The van der Waals surface area contributed by atoms with E-state index in [1.54, 1.807) is 11.3 Å². The fraction of sp³-hybridized carbons (Fsp3) is 0.154. The maximum atomic E-state index is 11.1. The number of rotatable bonds is 3. The Morgan fingerprint density at radius 2 is 1.94 bits per heavy atom. The number of benzene rings is 1. The topological polar surface area (TPSA) is 26.3 Å². The van der Waals surface area contributed by atoms with Gasteiger partial charge in [-0.05, 0) is 17.7 Å². The Morgan fingerprint density at radius 3 is 2.62 bits per heavy atom. The van der Waals surface area contributed by atoms with Crippen LogP contribution in [0, 0.1) is 0 Å². The lowest BCUT2D eigenvalue weighted by Crippen LogP contribution is -2.02. The zero-order valence-electron chi connectivity index (χ0n) is 8.97. The number of carbonyl (C=O) groups excluding carboxylic acids is 1. The van der Waals surface area contributed by atoms with Crippen LogP contribution in [0.15, 0.2) is 42.5 Å². The van der Waals surface area contributed by atoms with E-state index in [2.05, 4.69) is 16.9 Å². The van der Waals surface area contributed by atoms with Crippen molar-refractivity contribution in [2.45, 2.75) is 6.42 Å². The third-order valence-electron chi connectivity index (χ3n) is 2.27. The molecule has 2 aromatic rings. The van der Waals surface area contributed by atoms with Gasteiger partial charge in [-0.1, -0.05) is 30.3 Å². The van der Waals surface area contributed by atoms with Gasteiger partial charge in [0.05, 0.1) is 13.5 Å². The van der Waals surface area contributed by atoms with Gasteiger partial charge in [0, 0.05) is 9.75 Å². The maximum Gasteiger partial charge on any atom is 0.310 e. The van der Waals surface area contributed by atoms with Gasteiger partial charge in [-0.3, -0.25) is 4.79 Å². The van der Waals surface area contributed by atoms with Crippen LogP contribution in [-0.2, 0) is 16.0 Å². The first-order valence-electron chi connectivity index (χ1n) is 5.00. The monoisotopic (exact) mass is 232 g/mol. The Labute approximate surface area is 98.5 Å². The number of carbonyl (C=O) groups is 1. The highest BCUT2D eigenvalue weighted by Crippen LogP contribution is 2.28. The van der Waals surface area contributed by atoms with Gasteiger partial charge in [-0.15, -0.1) is 11.3 Å². The number of hydrogen-bond donors (Lipinski definition) is 0. The average Bonchev–Trinajstić information content (AvgIpc) is 2.78. The van der Waals surface area contributed by atoms with E-state index in [-0.39, 0.29) is 5.97 Å². The summed E-state index contributed by atoms with van der Waals surface area (Å²) in [6, 6.07) is 14.2. The van der Waals surface area contributed by atoms with Crippen LogP contribution in [0.5, 0.6) is 0 Å². The first-order chi connectivity index (χ1) is 7.79. The molecule has 82 valence electrons. The van der Waals surface area contributed by atoms with Gasteiger partial charge in [0.1, 0.15) is 0 Å². The second kappa shape index (κ2) is 4.94. The van der Waals surface area contributed by atoms with Crippen molar-refractivity contribution < 1.29 is 9.53 Å². The van der Waals surface area contributed by atoms with Crippen molar-refractivity contribution in [1.29, 1.82) is 0 Å². The van der Waals surface area contributed by atoms with Gasteiger partial charge < -0.3 is 4.74 Å². The summed E-state index contributed by atoms with van der Waals surface area (Å²) in [6.45, 7) is 0. The largest absolute Gasteiger partial charge is 0.469 e. The third kappa shape index (κ3) is 2.49. The lowest BCUT2D eigenvalue weighted by molar-refractivity contribution is -0.139. The van der Waals surface area contributed by atoms with Crippen LogP contribution in [0.25, 0.3) is 10.4 Å². The molecule has 1 heterocycles. The van der Waals surface area contributed by atoms with Crippen molar-refractivity contribution in [2.75, 3.05) is 7.11 Å². The zero-order chi connectivity index (χ0) is 11.4. The van der Waals surface area contributed by atoms with Crippen LogP contribution in [0.1, 0.15) is 4.88 Å². The summed E-state index contributed by atoms with van der Waals surface area (Å²) in [4.78, 5) is 13.3. The molecule has 0 unspecified atom stereocenters. The van der Waals surface area contributed by atoms with Crippen molar-refractivity contribution in [2.24, 2.45) is 0 Å². The molecule has 0 aliphatic heterocycles. The zero-order valence-corrected chi connectivity index (χ0v) is 9.79. The minimum absolute atomic E-state index is 0.193. The van der Waals surface area contributed by atoms with Crippen LogP contribution in [0.3, 0.4) is 0 Å². The second-order valence-corrected chi connectivity index (χ2v) is 4.55. The van der Waals surface area contributed by atoms with E-state index in [1.165, 1.54) is 17.6 Å². The van der Waals surface area contributed by atoms with E-state index < -0.39 is 0 Å². The summed E-state index contributed by atoms with van der Waals surface area (Å²) < 4.78 is 4.64. The van der Waals surface area contributed by atoms with E-state index in [0.29, 0.717) is 6.42 Å². The molecule has 0 fully saturated rings. The minimum Gasteiger partial charge on any atom is -0.469 e. The number of thiophene rings is 1. The van der Waals surface area contributed by atoms with E-state index in [9.17, 15) is 4.79 Å². The SMILES string of the molecule is COC(=O)Cc1ccc(-c2ccccc2)s1. The van der Waals surface area contributed by atoms with Crippen LogP contribution in [-0.4, -0.2) is 13.1 Å². The fourth-order valence-corrected chi connectivity index (χ4v) is 2.44. The van der Waals surface area contributed by atoms with Crippen LogP contribution >= 0.6 is 11.3 Å². The quantitative estimate of drug-likeness (QED) is 0.760.